The van der Waals surface area contributed by atoms with Crippen LogP contribution in [0, 0.1) is 5.82 Å². The average molecular weight is 281 g/mol. The number of pyridine rings is 1. The Morgan fingerprint density at radius 3 is 2.50 bits per heavy atom. The van der Waals surface area contributed by atoms with Gasteiger partial charge in [-0.3, -0.25) is 4.40 Å². The third kappa shape index (κ3) is 2.11. The first-order valence-corrected chi connectivity index (χ1v) is 5.63. The molecule has 0 spiro atoms. The second-order valence-electron chi connectivity index (χ2n) is 4.18. The molecular formula is C13H7F4N3. The van der Waals surface area contributed by atoms with Crippen molar-refractivity contribution in [3.63, 3.8) is 0 Å². The van der Waals surface area contributed by atoms with E-state index in [-0.39, 0.29) is 11.5 Å². The van der Waals surface area contributed by atoms with Gasteiger partial charge in [0.1, 0.15) is 5.82 Å². The fourth-order valence-electron chi connectivity index (χ4n) is 1.88. The number of nitrogens with zero attached hydrogens (tertiary/aromatic N) is 3. The molecule has 0 bridgehead atoms. The van der Waals surface area contributed by atoms with E-state index in [9.17, 15) is 17.6 Å². The van der Waals surface area contributed by atoms with Gasteiger partial charge in [-0.05, 0) is 24.3 Å². The highest BCUT2D eigenvalue weighted by molar-refractivity contribution is 5.59. The quantitative estimate of drug-likeness (QED) is 0.638. The molecule has 0 N–H and O–H groups in total. The first-order valence-electron chi connectivity index (χ1n) is 5.63. The summed E-state index contributed by atoms with van der Waals surface area (Å²) in [4.78, 5) is 0. The number of rotatable bonds is 1. The monoisotopic (exact) mass is 281 g/mol. The first kappa shape index (κ1) is 12.6. The van der Waals surface area contributed by atoms with Crippen molar-refractivity contribution in [1.82, 2.24) is 14.6 Å². The molecule has 7 heteroatoms. The zero-order valence-electron chi connectivity index (χ0n) is 9.89. The molecule has 1 aromatic carbocycles. The Morgan fingerprint density at radius 2 is 1.80 bits per heavy atom. The molecule has 0 fully saturated rings. The van der Waals surface area contributed by atoms with E-state index < -0.39 is 17.6 Å². The molecule has 2 heterocycles. The molecule has 0 radical (unpaired) electrons. The largest absolute Gasteiger partial charge is 0.417 e. The van der Waals surface area contributed by atoms with E-state index >= 15 is 0 Å². The summed E-state index contributed by atoms with van der Waals surface area (Å²) >= 11 is 0. The summed E-state index contributed by atoms with van der Waals surface area (Å²) in [5.41, 5.74) is -0.198. The van der Waals surface area contributed by atoms with E-state index in [1.807, 2.05) is 0 Å². The summed E-state index contributed by atoms with van der Waals surface area (Å²) in [5, 5.41) is 7.58. The van der Waals surface area contributed by atoms with Crippen LogP contribution < -0.4 is 0 Å². The summed E-state index contributed by atoms with van der Waals surface area (Å²) in [6.07, 6.45) is -3.56. The van der Waals surface area contributed by atoms with Crippen LogP contribution >= 0.6 is 0 Å². The van der Waals surface area contributed by atoms with Crippen LogP contribution in [0.4, 0.5) is 17.6 Å². The van der Waals surface area contributed by atoms with Gasteiger partial charge in [0, 0.05) is 11.8 Å². The normalized spacial score (nSPS) is 12.0. The highest BCUT2D eigenvalue weighted by atomic mass is 19.4. The fraction of sp³-hybridized carbons (Fsp3) is 0.0769. The summed E-state index contributed by atoms with van der Waals surface area (Å²) in [6.45, 7) is 0. The van der Waals surface area contributed by atoms with Crippen LogP contribution in [0.2, 0.25) is 0 Å². The van der Waals surface area contributed by atoms with E-state index in [4.69, 9.17) is 0 Å². The molecule has 0 saturated carbocycles. The SMILES string of the molecule is Fc1cccc(-c2nnc3ccc(C(F)(F)F)cn23)c1. The van der Waals surface area contributed by atoms with Crippen LogP contribution in [-0.2, 0) is 6.18 Å². The fourth-order valence-corrected chi connectivity index (χ4v) is 1.88. The molecule has 0 aliphatic heterocycles. The van der Waals surface area contributed by atoms with Gasteiger partial charge in [-0.15, -0.1) is 10.2 Å². The number of hydrogen-bond acceptors (Lipinski definition) is 2. The van der Waals surface area contributed by atoms with Crippen LogP contribution in [0.25, 0.3) is 17.0 Å². The third-order valence-corrected chi connectivity index (χ3v) is 2.81. The van der Waals surface area contributed by atoms with E-state index in [0.29, 0.717) is 5.56 Å². The van der Waals surface area contributed by atoms with Crippen molar-refractivity contribution >= 4 is 5.65 Å². The van der Waals surface area contributed by atoms with Gasteiger partial charge < -0.3 is 0 Å². The van der Waals surface area contributed by atoms with Gasteiger partial charge in [0.15, 0.2) is 11.5 Å². The number of alkyl halides is 3. The predicted octanol–water partition coefficient (Wildman–Crippen LogP) is 3.55. The smallest absolute Gasteiger partial charge is 0.282 e. The lowest BCUT2D eigenvalue weighted by molar-refractivity contribution is -0.137. The van der Waals surface area contributed by atoms with Crippen LogP contribution in [-0.4, -0.2) is 14.6 Å². The zero-order valence-corrected chi connectivity index (χ0v) is 9.89. The number of halogens is 4. The lowest BCUT2D eigenvalue weighted by Crippen LogP contribution is -2.06. The summed E-state index contributed by atoms with van der Waals surface area (Å²) in [5.74, 6) is -0.336. The molecule has 2 aromatic heterocycles. The maximum atomic E-state index is 13.2. The predicted molar refractivity (Wildman–Crippen MR) is 63.4 cm³/mol. The minimum absolute atomic E-state index is 0.158. The highest BCUT2D eigenvalue weighted by Gasteiger charge is 2.31. The second kappa shape index (κ2) is 4.29. The van der Waals surface area contributed by atoms with Gasteiger partial charge in [0.05, 0.1) is 5.56 Å². The van der Waals surface area contributed by atoms with E-state index in [1.165, 1.54) is 28.7 Å². The Hall–Kier alpha value is -2.44. The molecule has 3 nitrogen and oxygen atoms in total. The van der Waals surface area contributed by atoms with Crippen LogP contribution in [0.5, 0.6) is 0 Å². The molecule has 0 amide bonds. The van der Waals surface area contributed by atoms with E-state index in [1.54, 1.807) is 6.07 Å². The lowest BCUT2D eigenvalue weighted by Gasteiger charge is -2.07. The van der Waals surface area contributed by atoms with Crippen LogP contribution in [0.3, 0.4) is 0 Å². The molecule has 0 atom stereocenters. The Bertz CT molecular complexity index is 777. The Balaban J connectivity index is 2.22. The van der Waals surface area contributed by atoms with Gasteiger partial charge in [-0.25, -0.2) is 4.39 Å². The van der Waals surface area contributed by atoms with Gasteiger partial charge >= 0.3 is 6.18 Å². The summed E-state index contributed by atoms with van der Waals surface area (Å²) < 4.78 is 52.5. The van der Waals surface area contributed by atoms with Gasteiger partial charge in [-0.2, -0.15) is 13.2 Å². The lowest BCUT2D eigenvalue weighted by atomic mass is 10.2. The van der Waals surface area contributed by atoms with Crippen LogP contribution in [0.15, 0.2) is 42.6 Å². The van der Waals surface area contributed by atoms with Crippen molar-refractivity contribution < 1.29 is 17.6 Å². The molecule has 0 aliphatic rings. The minimum Gasteiger partial charge on any atom is -0.282 e. The third-order valence-electron chi connectivity index (χ3n) is 2.81. The van der Waals surface area contributed by atoms with Crippen molar-refractivity contribution in [2.45, 2.75) is 6.18 Å². The Kier molecular flexibility index (Phi) is 2.70. The molecular weight excluding hydrogens is 274 g/mol. The average Bonchev–Trinajstić information content (AvgIpc) is 2.80. The van der Waals surface area contributed by atoms with Crippen LogP contribution in [0.1, 0.15) is 5.56 Å². The molecule has 3 aromatic rings. The molecule has 0 unspecified atom stereocenters. The van der Waals surface area contributed by atoms with E-state index in [0.717, 1.165) is 12.3 Å². The number of aromatic nitrogens is 3. The molecule has 102 valence electrons. The second-order valence-corrected chi connectivity index (χ2v) is 4.18. The maximum Gasteiger partial charge on any atom is 0.417 e. The maximum absolute atomic E-state index is 13.2. The number of fused-ring (bicyclic) bond motifs is 1. The topological polar surface area (TPSA) is 30.2 Å². The Labute approximate surface area is 110 Å². The van der Waals surface area contributed by atoms with Gasteiger partial charge in [0.2, 0.25) is 0 Å². The minimum atomic E-state index is -4.46. The Morgan fingerprint density at radius 1 is 1.00 bits per heavy atom. The molecule has 3 rings (SSSR count). The van der Waals surface area contributed by atoms with Gasteiger partial charge in [-0.1, -0.05) is 12.1 Å². The molecule has 0 aliphatic carbocycles. The standard InChI is InChI=1S/C13H7F4N3/c14-10-3-1-2-8(6-10)12-19-18-11-5-4-9(7-20(11)12)13(15,16)17/h1-7H. The van der Waals surface area contributed by atoms with Crippen molar-refractivity contribution in [3.05, 3.63) is 54.0 Å². The van der Waals surface area contributed by atoms with Crippen molar-refractivity contribution in [1.29, 1.82) is 0 Å². The molecule has 0 saturated heterocycles. The van der Waals surface area contributed by atoms with Crippen molar-refractivity contribution in [2.24, 2.45) is 0 Å². The number of benzene rings is 1. The number of hydrogen-bond donors (Lipinski definition) is 0. The van der Waals surface area contributed by atoms with Gasteiger partial charge in [0.25, 0.3) is 0 Å². The summed E-state index contributed by atoms with van der Waals surface area (Å²) in [6, 6.07) is 7.60. The summed E-state index contributed by atoms with van der Waals surface area (Å²) in [7, 11) is 0. The first-order chi connectivity index (χ1) is 9.45. The van der Waals surface area contributed by atoms with Crippen molar-refractivity contribution in [2.75, 3.05) is 0 Å². The van der Waals surface area contributed by atoms with E-state index in [2.05, 4.69) is 10.2 Å². The highest BCUT2D eigenvalue weighted by Crippen LogP contribution is 2.30. The van der Waals surface area contributed by atoms with Crippen molar-refractivity contribution in [3.8, 4) is 11.4 Å². The zero-order chi connectivity index (χ0) is 14.3. The molecule has 20 heavy (non-hydrogen) atoms.